The van der Waals surface area contributed by atoms with Crippen LogP contribution in [0.3, 0.4) is 0 Å². The van der Waals surface area contributed by atoms with Gasteiger partial charge in [-0.1, -0.05) is 18.2 Å². The first-order chi connectivity index (χ1) is 12.6. The first kappa shape index (κ1) is 18.4. The first-order valence-corrected chi connectivity index (χ1v) is 8.87. The van der Waals surface area contributed by atoms with Gasteiger partial charge < -0.3 is 10.1 Å². The van der Waals surface area contributed by atoms with Crippen molar-refractivity contribution in [1.82, 2.24) is 16.2 Å². The smallest absolute Gasteiger partial charge is 0.251 e. The van der Waals surface area contributed by atoms with Gasteiger partial charge in [0.25, 0.3) is 5.91 Å². The molecule has 6 heteroatoms. The minimum atomic E-state index is -0.292. The number of nitrogens with one attached hydrogen (secondary N) is 3. The van der Waals surface area contributed by atoms with E-state index < -0.39 is 0 Å². The number of hydrogen-bond acceptors (Lipinski definition) is 4. The van der Waals surface area contributed by atoms with Crippen LogP contribution in [0.25, 0.3) is 0 Å². The van der Waals surface area contributed by atoms with Crippen molar-refractivity contribution in [2.24, 2.45) is 0 Å². The molecule has 1 saturated heterocycles. The Kier molecular flexibility index (Phi) is 5.85. The molecule has 2 aromatic carbocycles. The van der Waals surface area contributed by atoms with E-state index in [0.717, 1.165) is 30.0 Å². The van der Waals surface area contributed by atoms with Crippen LogP contribution in [-0.4, -0.2) is 25.6 Å². The maximum absolute atomic E-state index is 13.1. The van der Waals surface area contributed by atoms with E-state index in [-0.39, 0.29) is 17.8 Å². The van der Waals surface area contributed by atoms with Crippen LogP contribution in [0.4, 0.5) is 4.39 Å². The minimum Gasteiger partial charge on any atom is -0.494 e. The number of hydrazine groups is 1. The molecule has 0 unspecified atom stereocenters. The largest absolute Gasteiger partial charge is 0.494 e. The maximum atomic E-state index is 13.1. The summed E-state index contributed by atoms with van der Waals surface area (Å²) < 4.78 is 18.8. The lowest BCUT2D eigenvalue weighted by molar-refractivity contribution is 0.0939. The second-order valence-electron chi connectivity index (χ2n) is 6.39. The van der Waals surface area contributed by atoms with Gasteiger partial charge in [-0.25, -0.2) is 4.39 Å². The molecule has 1 fully saturated rings. The summed E-state index contributed by atoms with van der Waals surface area (Å²) in [7, 11) is 0. The molecule has 0 spiro atoms. The molecule has 1 atom stereocenters. The van der Waals surface area contributed by atoms with Crippen LogP contribution in [0.2, 0.25) is 0 Å². The van der Waals surface area contributed by atoms with Crippen LogP contribution in [0.15, 0.2) is 42.5 Å². The zero-order chi connectivity index (χ0) is 18.5. The molecule has 0 radical (unpaired) electrons. The molecule has 0 bridgehead atoms. The fourth-order valence-electron chi connectivity index (χ4n) is 3.09. The van der Waals surface area contributed by atoms with Crippen molar-refractivity contribution in [2.45, 2.75) is 25.8 Å². The van der Waals surface area contributed by atoms with E-state index in [1.807, 2.05) is 26.0 Å². The van der Waals surface area contributed by atoms with Crippen molar-refractivity contribution in [3.63, 3.8) is 0 Å². The number of hydrogen-bond donors (Lipinski definition) is 3. The van der Waals surface area contributed by atoms with Crippen molar-refractivity contribution < 1.29 is 13.9 Å². The van der Waals surface area contributed by atoms with Gasteiger partial charge in [-0.15, -0.1) is 0 Å². The second-order valence-corrected chi connectivity index (χ2v) is 6.39. The first-order valence-electron chi connectivity index (χ1n) is 8.87. The Labute approximate surface area is 152 Å². The summed E-state index contributed by atoms with van der Waals surface area (Å²) in [4.78, 5) is 12.6. The number of carbonyl (C=O) groups is 1. The third-order valence-electron chi connectivity index (χ3n) is 4.55. The van der Waals surface area contributed by atoms with E-state index in [2.05, 4.69) is 16.2 Å². The standard InChI is InChI=1S/C20H24FN3O2/c1-3-26-19-10-15(6-9-18(19)16-11-22-23-12-16)20(25)24-13(2)14-4-7-17(21)8-5-14/h4-10,13,16,22-23H,3,11-12H2,1-2H3,(H,24,25)/t13-/m1/s1. The highest BCUT2D eigenvalue weighted by atomic mass is 19.1. The van der Waals surface area contributed by atoms with Crippen LogP contribution in [0.5, 0.6) is 5.75 Å². The molecular weight excluding hydrogens is 333 g/mol. The number of benzene rings is 2. The molecule has 5 nitrogen and oxygen atoms in total. The lowest BCUT2D eigenvalue weighted by Gasteiger charge is -2.18. The lowest BCUT2D eigenvalue weighted by atomic mass is 9.97. The average Bonchev–Trinajstić information content (AvgIpc) is 3.17. The predicted molar refractivity (Wildman–Crippen MR) is 98.6 cm³/mol. The predicted octanol–water partition coefficient (Wildman–Crippen LogP) is 2.91. The highest BCUT2D eigenvalue weighted by Crippen LogP contribution is 2.29. The molecule has 138 valence electrons. The van der Waals surface area contributed by atoms with E-state index in [9.17, 15) is 9.18 Å². The van der Waals surface area contributed by atoms with Gasteiger partial charge in [-0.05, 0) is 49.2 Å². The zero-order valence-electron chi connectivity index (χ0n) is 15.0. The molecule has 1 heterocycles. The van der Waals surface area contributed by atoms with Crippen molar-refractivity contribution in [2.75, 3.05) is 19.7 Å². The summed E-state index contributed by atoms with van der Waals surface area (Å²) in [6.07, 6.45) is 0. The quantitative estimate of drug-likeness (QED) is 0.744. The Morgan fingerprint density at radius 3 is 2.58 bits per heavy atom. The van der Waals surface area contributed by atoms with E-state index in [0.29, 0.717) is 18.1 Å². The topological polar surface area (TPSA) is 62.4 Å². The summed E-state index contributed by atoms with van der Waals surface area (Å²) in [5, 5.41) is 2.95. The Hall–Kier alpha value is -2.44. The fourth-order valence-corrected chi connectivity index (χ4v) is 3.09. The highest BCUT2D eigenvalue weighted by molar-refractivity contribution is 5.95. The molecule has 1 amide bonds. The number of halogens is 1. The Balaban J connectivity index is 1.75. The SMILES string of the molecule is CCOc1cc(C(=O)N[C@H](C)c2ccc(F)cc2)ccc1C1CNNC1. The molecule has 0 aliphatic carbocycles. The molecule has 26 heavy (non-hydrogen) atoms. The maximum Gasteiger partial charge on any atom is 0.251 e. The van der Waals surface area contributed by atoms with E-state index >= 15 is 0 Å². The molecule has 3 N–H and O–H groups in total. The van der Waals surface area contributed by atoms with Crippen molar-refractivity contribution in [1.29, 1.82) is 0 Å². The Bertz CT molecular complexity index is 758. The molecule has 1 aliphatic rings. The Morgan fingerprint density at radius 2 is 1.92 bits per heavy atom. The van der Waals surface area contributed by atoms with Gasteiger partial charge in [-0.3, -0.25) is 15.6 Å². The van der Waals surface area contributed by atoms with Crippen LogP contribution in [0.1, 0.15) is 47.3 Å². The molecule has 3 rings (SSSR count). The molecule has 2 aromatic rings. The number of amides is 1. The third-order valence-corrected chi connectivity index (χ3v) is 4.55. The normalized spacial score (nSPS) is 15.7. The number of rotatable bonds is 6. The zero-order valence-corrected chi connectivity index (χ0v) is 15.0. The summed E-state index contributed by atoms with van der Waals surface area (Å²) in [6.45, 7) is 6.00. The van der Waals surface area contributed by atoms with Gasteiger partial charge in [0, 0.05) is 24.6 Å². The number of carbonyl (C=O) groups excluding carboxylic acids is 1. The van der Waals surface area contributed by atoms with Crippen LogP contribution < -0.4 is 20.9 Å². The van der Waals surface area contributed by atoms with E-state index in [4.69, 9.17) is 4.74 Å². The summed E-state index contributed by atoms with van der Waals surface area (Å²) in [5.74, 6) is 0.578. The minimum absolute atomic E-state index is 0.183. The van der Waals surface area contributed by atoms with E-state index in [1.54, 1.807) is 18.2 Å². The molecule has 0 saturated carbocycles. The highest BCUT2D eigenvalue weighted by Gasteiger charge is 2.22. The van der Waals surface area contributed by atoms with Crippen molar-refractivity contribution in [3.8, 4) is 5.75 Å². The third kappa shape index (κ3) is 4.20. The van der Waals surface area contributed by atoms with Crippen molar-refractivity contribution in [3.05, 3.63) is 65.0 Å². The summed E-state index contributed by atoms with van der Waals surface area (Å²) in [5.41, 5.74) is 8.72. The fraction of sp³-hybridized carbons (Fsp3) is 0.350. The second kappa shape index (κ2) is 8.29. The van der Waals surface area contributed by atoms with Crippen LogP contribution >= 0.6 is 0 Å². The molecular formula is C20H24FN3O2. The average molecular weight is 357 g/mol. The van der Waals surface area contributed by atoms with Crippen molar-refractivity contribution >= 4 is 5.91 Å². The van der Waals surface area contributed by atoms with Crippen LogP contribution in [-0.2, 0) is 0 Å². The van der Waals surface area contributed by atoms with Crippen LogP contribution in [0, 0.1) is 5.82 Å². The van der Waals surface area contributed by atoms with Gasteiger partial charge >= 0.3 is 0 Å². The summed E-state index contributed by atoms with van der Waals surface area (Å²) in [6, 6.07) is 11.5. The lowest BCUT2D eigenvalue weighted by Crippen LogP contribution is -2.26. The van der Waals surface area contributed by atoms with Gasteiger partial charge in [0.05, 0.1) is 12.6 Å². The van der Waals surface area contributed by atoms with Gasteiger partial charge in [0.1, 0.15) is 11.6 Å². The molecule has 1 aliphatic heterocycles. The monoisotopic (exact) mass is 357 g/mol. The molecule has 0 aromatic heterocycles. The summed E-state index contributed by atoms with van der Waals surface area (Å²) >= 11 is 0. The van der Waals surface area contributed by atoms with Gasteiger partial charge in [0.2, 0.25) is 0 Å². The van der Waals surface area contributed by atoms with Gasteiger partial charge in [0.15, 0.2) is 0 Å². The van der Waals surface area contributed by atoms with Gasteiger partial charge in [-0.2, -0.15) is 0 Å². The number of ether oxygens (including phenoxy) is 1. The van der Waals surface area contributed by atoms with E-state index in [1.165, 1.54) is 12.1 Å². The Morgan fingerprint density at radius 1 is 1.23 bits per heavy atom.